The minimum absolute atomic E-state index is 0.0372. The van der Waals surface area contributed by atoms with Crippen LogP contribution in [0.1, 0.15) is 18.4 Å². The molecule has 160 valence electrons. The van der Waals surface area contributed by atoms with E-state index in [2.05, 4.69) is 15.8 Å². The molecule has 2 amide bonds. The first-order valence-corrected chi connectivity index (χ1v) is 9.50. The molecule has 0 aliphatic carbocycles. The van der Waals surface area contributed by atoms with Gasteiger partial charge in [0.25, 0.3) is 0 Å². The number of amides is 2. The van der Waals surface area contributed by atoms with Crippen molar-refractivity contribution in [2.45, 2.75) is 12.8 Å². The average Bonchev–Trinajstić information content (AvgIpc) is 2.73. The van der Waals surface area contributed by atoms with Crippen LogP contribution in [-0.2, 0) is 9.59 Å². The summed E-state index contributed by atoms with van der Waals surface area (Å²) in [5.74, 6) is 0.594. The first-order chi connectivity index (χ1) is 14.4. The van der Waals surface area contributed by atoms with Gasteiger partial charge in [-0.15, -0.1) is 0 Å². The number of carbonyl (C=O) groups is 2. The van der Waals surface area contributed by atoms with Crippen molar-refractivity contribution in [3.8, 4) is 17.2 Å². The lowest BCUT2D eigenvalue weighted by atomic mass is 10.2. The van der Waals surface area contributed by atoms with E-state index in [1.807, 2.05) is 0 Å². The zero-order valence-corrected chi connectivity index (χ0v) is 18.1. The van der Waals surface area contributed by atoms with Crippen molar-refractivity contribution in [2.75, 3.05) is 26.6 Å². The smallest absolute Gasteiger partial charge is 0.240 e. The maximum atomic E-state index is 12.0. The Labute approximate surface area is 184 Å². The normalized spacial score (nSPS) is 10.6. The summed E-state index contributed by atoms with van der Waals surface area (Å²) >= 11 is 11.8. The molecule has 30 heavy (non-hydrogen) atoms. The van der Waals surface area contributed by atoms with Crippen LogP contribution in [0.3, 0.4) is 0 Å². The van der Waals surface area contributed by atoms with E-state index in [-0.39, 0.29) is 18.7 Å². The monoisotopic (exact) mass is 453 g/mol. The van der Waals surface area contributed by atoms with Gasteiger partial charge >= 0.3 is 0 Å². The number of carbonyl (C=O) groups excluding carboxylic acids is 2. The highest BCUT2D eigenvalue weighted by Gasteiger charge is 2.13. The second-order valence-corrected chi connectivity index (χ2v) is 6.77. The van der Waals surface area contributed by atoms with Crippen molar-refractivity contribution >= 4 is 46.9 Å². The number of hydrazone groups is 1. The molecule has 0 spiro atoms. The van der Waals surface area contributed by atoms with Crippen LogP contribution >= 0.6 is 23.2 Å². The molecule has 0 atom stereocenters. The zero-order valence-electron chi connectivity index (χ0n) is 16.6. The Kier molecular flexibility index (Phi) is 8.76. The molecule has 0 unspecified atom stereocenters. The van der Waals surface area contributed by atoms with E-state index < -0.39 is 5.91 Å². The predicted molar refractivity (Wildman–Crippen MR) is 116 cm³/mol. The third kappa shape index (κ3) is 6.53. The second kappa shape index (κ2) is 11.3. The van der Waals surface area contributed by atoms with E-state index in [1.54, 1.807) is 24.3 Å². The summed E-state index contributed by atoms with van der Waals surface area (Å²) in [5.41, 5.74) is 3.41. The van der Waals surface area contributed by atoms with Crippen LogP contribution in [-0.4, -0.2) is 39.4 Å². The van der Waals surface area contributed by atoms with Gasteiger partial charge in [-0.2, -0.15) is 5.10 Å². The number of nitrogens with one attached hydrogen (secondary N) is 2. The molecular formula is C20H21Cl2N3O5. The van der Waals surface area contributed by atoms with E-state index in [9.17, 15) is 9.59 Å². The highest BCUT2D eigenvalue weighted by atomic mass is 35.5. The van der Waals surface area contributed by atoms with E-state index >= 15 is 0 Å². The molecule has 0 saturated carbocycles. The van der Waals surface area contributed by atoms with E-state index in [0.29, 0.717) is 38.5 Å². The Morgan fingerprint density at radius 1 is 0.967 bits per heavy atom. The highest BCUT2D eigenvalue weighted by Crippen LogP contribution is 2.37. The summed E-state index contributed by atoms with van der Waals surface area (Å²) in [6.07, 6.45) is 1.34. The number of nitrogens with zero attached hydrogens (tertiary/aromatic N) is 1. The van der Waals surface area contributed by atoms with E-state index in [4.69, 9.17) is 37.4 Å². The number of hydrogen-bond acceptors (Lipinski definition) is 6. The van der Waals surface area contributed by atoms with Gasteiger partial charge in [0.1, 0.15) is 0 Å². The van der Waals surface area contributed by atoms with Crippen molar-refractivity contribution in [3.05, 3.63) is 45.9 Å². The Morgan fingerprint density at radius 2 is 1.60 bits per heavy atom. The first-order valence-electron chi connectivity index (χ1n) is 8.74. The maximum Gasteiger partial charge on any atom is 0.240 e. The Morgan fingerprint density at radius 3 is 2.17 bits per heavy atom. The number of hydrogen-bond donors (Lipinski definition) is 2. The van der Waals surface area contributed by atoms with Gasteiger partial charge < -0.3 is 19.5 Å². The lowest BCUT2D eigenvalue weighted by Gasteiger charge is -2.12. The fourth-order valence-electron chi connectivity index (χ4n) is 2.44. The van der Waals surface area contributed by atoms with Crippen LogP contribution in [0.15, 0.2) is 35.4 Å². The Bertz CT molecular complexity index is 925. The molecule has 0 fully saturated rings. The van der Waals surface area contributed by atoms with Gasteiger partial charge in [-0.05, 0) is 30.3 Å². The number of halogens is 2. The van der Waals surface area contributed by atoms with E-state index in [0.717, 1.165) is 0 Å². The molecule has 0 saturated heterocycles. The lowest BCUT2D eigenvalue weighted by Crippen LogP contribution is -2.20. The van der Waals surface area contributed by atoms with Crippen LogP contribution in [0.5, 0.6) is 17.2 Å². The Balaban J connectivity index is 1.88. The number of methoxy groups -OCH3 is 3. The minimum atomic E-state index is -0.420. The lowest BCUT2D eigenvalue weighted by molar-refractivity contribution is -0.124. The van der Waals surface area contributed by atoms with Gasteiger partial charge in [-0.3, -0.25) is 9.59 Å². The second-order valence-electron chi connectivity index (χ2n) is 5.92. The summed E-state index contributed by atoms with van der Waals surface area (Å²) in [7, 11) is 4.51. The van der Waals surface area contributed by atoms with Crippen molar-refractivity contribution in [1.82, 2.24) is 5.43 Å². The molecule has 0 aromatic heterocycles. The minimum Gasteiger partial charge on any atom is -0.493 e. The number of benzene rings is 2. The van der Waals surface area contributed by atoms with Crippen LogP contribution in [0.25, 0.3) is 0 Å². The van der Waals surface area contributed by atoms with Crippen molar-refractivity contribution in [3.63, 3.8) is 0 Å². The van der Waals surface area contributed by atoms with Crippen LogP contribution in [0.2, 0.25) is 10.0 Å². The number of rotatable bonds is 9. The molecule has 2 aromatic carbocycles. The van der Waals surface area contributed by atoms with Gasteiger partial charge in [-0.25, -0.2) is 5.43 Å². The zero-order chi connectivity index (χ0) is 22.1. The molecule has 0 bridgehead atoms. The molecule has 0 heterocycles. The average molecular weight is 454 g/mol. The van der Waals surface area contributed by atoms with Crippen LogP contribution in [0.4, 0.5) is 5.69 Å². The quantitative estimate of drug-likeness (QED) is 0.443. The molecule has 0 radical (unpaired) electrons. The summed E-state index contributed by atoms with van der Waals surface area (Å²) in [5, 5.41) is 7.29. The van der Waals surface area contributed by atoms with Crippen molar-refractivity contribution < 1.29 is 23.8 Å². The largest absolute Gasteiger partial charge is 0.493 e. The fraction of sp³-hybridized carbons (Fsp3) is 0.250. The highest BCUT2D eigenvalue weighted by molar-refractivity contribution is 6.36. The van der Waals surface area contributed by atoms with E-state index in [1.165, 1.54) is 33.6 Å². The molecule has 8 nitrogen and oxygen atoms in total. The summed E-state index contributed by atoms with van der Waals surface area (Å²) in [4.78, 5) is 23.9. The Hall–Kier alpha value is -2.97. The maximum absolute atomic E-state index is 12.0. The topological polar surface area (TPSA) is 98.2 Å². The third-order valence-electron chi connectivity index (χ3n) is 3.87. The molecular weight excluding hydrogens is 433 g/mol. The van der Waals surface area contributed by atoms with Crippen molar-refractivity contribution in [1.29, 1.82) is 0 Å². The first kappa shape index (κ1) is 23.3. The van der Waals surface area contributed by atoms with Crippen LogP contribution in [0, 0.1) is 0 Å². The molecule has 0 aliphatic heterocycles. The standard InChI is InChI=1S/C20H21Cl2N3O5/c1-28-16-8-12(9-17(29-2)20(16)30-3)11-23-25-19(27)7-6-18(26)24-15-5-4-13(21)10-14(15)22/h4-5,8-11H,6-7H2,1-3H3,(H,24,26)(H,25,27). The predicted octanol–water partition coefficient (Wildman–Crippen LogP) is 3.89. The van der Waals surface area contributed by atoms with Gasteiger partial charge in [0.2, 0.25) is 17.6 Å². The molecule has 2 aromatic rings. The van der Waals surface area contributed by atoms with Crippen LogP contribution < -0.4 is 25.0 Å². The summed E-state index contributed by atoms with van der Waals surface area (Å²) < 4.78 is 15.8. The SMILES string of the molecule is COc1cc(C=NNC(=O)CCC(=O)Nc2ccc(Cl)cc2Cl)cc(OC)c1OC. The molecule has 2 rings (SSSR count). The van der Waals surface area contributed by atoms with Gasteiger partial charge in [-0.1, -0.05) is 23.2 Å². The van der Waals surface area contributed by atoms with Gasteiger partial charge in [0, 0.05) is 23.4 Å². The van der Waals surface area contributed by atoms with Gasteiger partial charge in [0.05, 0.1) is 38.3 Å². The van der Waals surface area contributed by atoms with Crippen molar-refractivity contribution in [2.24, 2.45) is 5.10 Å². The fourth-order valence-corrected chi connectivity index (χ4v) is 2.90. The molecule has 0 aliphatic rings. The third-order valence-corrected chi connectivity index (χ3v) is 4.42. The summed E-state index contributed by atoms with van der Waals surface area (Å²) in [6.45, 7) is 0. The molecule has 2 N–H and O–H groups in total. The summed E-state index contributed by atoms with van der Waals surface area (Å²) in [6, 6.07) is 8.07. The number of anilines is 1. The van der Waals surface area contributed by atoms with Gasteiger partial charge in [0.15, 0.2) is 11.5 Å². The molecule has 10 heteroatoms. The number of ether oxygens (including phenoxy) is 3.